The van der Waals surface area contributed by atoms with E-state index in [0.717, 1.165) is 24.2 Å². The van der Waals surface area contributed by atoms with Gasteiger partial charge in [-0.25, -0.2) is 0 Å². The number of fused-ring (bicyclic) bond motifs is 1. The second kappa shape index (κ2) is 5.03. The molecule has 2 aliphatic rings. The Labute approximate surface area is 116 Å². The summed E-state index contributed by atoms with van der Waals surface area (Å²) < 4.78 is 5.56. The number of amidine groups is 1. The van der Waals surface area contributed by atoms with Crippen molar-refractivity contribution < 1.29 is 14.7 Å². The molecule has 6 heteroatoms. The summed E-state index contributed by atoms with van der Waals surface area (Å²) in [5, 5.41) is 11.9. The van der Waals surface area contributed by atoms with Gasteiger partial charge in [-0.15, -0.1) is 0 Å². The Bertz CT molecular complexity index is 558. The van der Waals surface area contributed by atoms with Crippen molar-refractivity contribution in [2.24, 2.45) is 10.9 Å². The molecule has 0 aliphatic carbocycles. The maximum atomic E-state index is 12.7. The SMILES string of the molecule is NC(=NO)C1CCCN1C(=O)C1COc2ccccc21. The minimum atomic E-state index is -0.305. The molecular weight excluding hydrogens is 258 g/mol. The van der Waals surface area contributed by atoms with Gasteiger partial charge in [0.15, 0.2) is 5.84 Å². The Morgan fingerprint density at radius 3 is 3.05 bits per heavy atom. The first-order chi connectivity index (χ1) is 9.72. The van der Waals surface area contributed by atoms with Crippen LogP contribution in [0.3, 0.4) is 0 Å². The van der Waals surface area contributed by atoms with E-state index in [2.05, 4.69) is 5.16 Å². The number of carbonyl (C=O) groups excluding carboxylic acids is 1. The lowest BCUT2D eigenvalue weighted by Gasteiger charge is -2.26. The van der Waals surface area contributed by atoms with E-state index in [9.17, 15) is 4.79 Å². The van der Waals surface area contributed by atoms with Crippen LogP contribution in [-0.4, -0.2) is 41.0 Å². The quantitative estimate of drug-likeness (QED) is 0.363. The molecule has 6 nitrogen and oxygen atoms in total. The zero-order valence-electron chi connectivity index (χ0n) is 11.0. The summed E-state index contributed by atoms with van der Waals surface area (Å²) in [4.78, 5) is 14.4. The van der Waals surface area contributed by atoms with Crippen molar-refractivity contribution in [2.75, 3.05) is 13.2 Å². The van der Waals surface area contributed by atoms with E-state index >= 15 is 0 Å². The van der Waals surface area contributed by atoms with Gasteiger partial charge >= 0.3 is 0 Å². The van der Waals surface area contributed by atoms with Crippen molar-refractivity contribution >= 4 is 11.7 Å². The molecule has 1 amide bonds. The van der Waals surface area contributed by atoms with Gasteiger partial charge in [-0.2, -0.15) is 0 Å². The van der Waals surface area contributed by atoms with Gasteiger partial charge in [-0.05, 0) is 18.9 Å². The molecule has 2 heterocycles. The molecule has 0 bridgehead atoms. The molecule has 2 unspecified atom stereocenters. The fraction of sp³-hybridized carbons (Fsp3) is 0.429. The second-order valence-corrected chi connectivity index (χ2v) is 5.12. The molecule has 0 aromatic heterocycles. The molecular formula is C14H17N3O3. The molecule has 0 saturated carbocycles. The van der Waals surface area contributed by atoms with Crippen LogP contribution >= 0.6 is 0 Å². The minimum Gasteiger partial charge on any atom is -0.492 e. The fourth-order valence-corrected chi connectivity index (χ4v) is 2.97. The molecule has 0 spiro atoms. The lowest BCUT2D eigenvalue weighted by atomic mass is 9.99. The van der Waals surface area contributed by atoms with E-state index in [1.807, 2.05) is 24.3 Å². The number of likely N-dealkylation sites (tertiary alicyclic amines) is 1. The molecule has 3 rings (SSSR count). The van der Waals surface area contributed by atoms with E-state index in [-0.39, 0.29) is 23.7 Å². The van der Waals surface area contributed by atoms with Crippen LogP contribution in [0, 0.1) is 0 Å². The maximum Gasteiger partial charge on any atom is 0.234 e. The van der Waals surface area contributed by atoms with Crippen molar-refractivity contribution in [3.05, 3.63) is 29.8 Å². The number of benzene rings is 1. The van der Waals surface area contributed by atoms with E-state index in [1.54, 1.807) is 4.90 Å². The average molecular weight is 275 g/mol. The number of nitrogens with two attached hydrogens (primary N) is 1. The predicted octanol–water partition coefficient (Wildman–Crippen LogP) is 0.900. The topological polar surface area (TPSA) is 88.2 Å². The Balaban J connectivity index is 1.83. The summed E-state index contributed by atoms with van der Waals surface area (Å²) in [6.45, 7) is 0.996. The zero-order valence-corrected chi connectivity index (χ0v) is 11.0. The number of hydrogen-bond acceptors (Lipinski definition) is 4. The summed E-state index contributed by atoms with van der Waals surface area (Å²) in [6, 6.07) is 7.27. The fourth-order valence-electron chi connectivity index (χ4n) is 2.97. The van der Waals surface area contributed by atoms with Crippen LogP contribution < -0.4 is 10.5 Å². The first-order valence-corrected chi connectivity index (χ1v) is 6.72. The van der Waals surface area contributed by atoms with E-state index < -0.39 is 0 Å². The number of hydrogen-bond donors (Lipinski definition) is 2. The smallest absolute Gasteiger partial charge is 0.234 e. The van der Waals surface area contributed by atoms with Crippen molar-refractivity contribution in [3.63, 3.8) is 0 Å². The number of amides is 1. The minimum absolute atomic E-state index is 0.0101. The van der Waals surface area contributed by atoms with Gasteiger partial charge in [0.25, 0.3) is 0 Å². The highest BCUT2D eigenvalue weighted by atomic mass is 16.5. The molecule has 106 valence electrons. The number of nitrogens with zero attached hydrogens (tertiary/aromatic N) is 2. The molecule has 1 saturated heterocycles. The second-order valence-electron chi connectivity index (χ2n) is 5.12. The van der Waals surface area contributed by atoms with Crippen LogP contribution in [0.1, 0.15) is 24.3 Å². The summed E-state index contributed by atoms with van der Waals surface area (Å²) in [7, 11) is 0. The Morgan fingerprint density at radius 1 is 1.45 bits per heavy atom. The van der Waals surface area contributed by atoms with Crippen LogP contribution in [0.5, 0.6) is 5.75 Å². The standard InChI is InChI=1S/C14H17N3O3/c15-13(16-19)11-5-3-7-17(11)14(18)10-8-20-12-6-2-1-4-9(10)12/h1-2,4,6,10-11,19H,3,5,7-8H2,(H2,15,16). The van der Waals surface area contributed by atoms with E-state index in [1.165, 1.54) is 0 Å². The van der Waals surface area contributed by atoms with Gasteiger partial charge in [-0.1, -0.05) is 23.4 Å². The third-order valence-corrected chi connectivity index (χ3v) is 3.99. The largest absolute Gasteiger partial charge is 0.492 e. The van der Waals surface area contributed by atoms with Crippen molar-refractivity contribution in [1.82, 2.24) is 4.90 Å². The first-order valence-electron chi connectivity index (χ1n) is 6.72. The molecule has 2 atom stereocenters. The highest BCUT2D eigenvalue weighted by molar-refractivity contribution is 5.93. The van der Waals surface area contributed by atoms with Gasteiger partial charge in [-0.3, -0.25) is 4.79 Å². The number of para-hydroxylation sites is 1. The average Bonchev–Trinajstić information content (AvgIpc) is 3.12. The monoisotopic (exact) mass is 275 g/mol. The number of oxime groups is 1. The van der Waals surface area contributed by atoms with Gasteiger partial charge in [0.2, 0.25) is 5.91 Å². The van der Waals surface area contributed by atoms with Crippen molar-refractivity contribution in [1.29, 1.82) is 0 Å². The summed E-state index contributed by atoms with van der Waals surface area (Å²) in [5.41, 5.74) is 6.59. The van der Waals surface area contributed by atoms with Crippen LogP contribution in [0.4, 0.5) is 0 Å². The summed E-state index contributed by atoms with van der Waals surface area (Å²) in [5.74, 6) is 0.566. The maximum absolute atomic E-state index is 12.7. The molecule has 1 aromatic carbocycles. The molecule has 0 radical (unpaired) electrons. The molecule has 20 heavy (non-hydrogen) atoms. The summed E-state index contributed by atoms with van der Waals surface area (Å²) in [6.07, 6.45) is 1.60. The van der Waals surface area contributed by atoms with E-state index in [0.29, 0.717) is 13.2 Å². The van der Waals surface area contributed by atoms with E-state index in [4.69, 9.17) is 15.7 Å². The molecule has 2 aliphatic heterocycles. The number of carbonyl (C=O) groups is 1. The zero-order chi connectivity index (χ0) is 14.1. The van der Waals surface area contributed by atoms with Crippen LogP contribution in [0.15, 0.2) is 29.4 Å². The van der Waals surface area contributed by atoms with Crippen LogP contribution in [-0.2, 0) is 4.79 Å². The van der Waals surface area contributed by atoms with Gasteiger partial charge in [0.1, 0.15) is 18.3 Å². The normalized spacial score (nSPS) is 25.4. The first kappa shape index (κ1) is 12.8. The lowest BCUT2D eigenvalue weighted by molar-refractivity contribution is -0.132. The Morgan fingerprint density at radius 2 is 2.25 bits per heavy atom. The molecule has 3 N–H and O–H groups in total. The highest BCUT2D eigenvalue weighted by Gasteiger charge is 2.39. The third kappa shape index (κ3) is 1.97. The number of ether oxygens (including phenoxy) is 1. The molecule has 1 fully saturated rings. The molecule has 1 aromatic rings. The van der Waals surface area contributed by atoms with Crippen molar-refractivity contribution in [3.8, 4) is 5.75 Å². The Hall–Kier alpha value is -2.24. The number of rotatable bonds is 2. The van der Waals surface area contributed by atoms with Crippen LogP contribution in [0.2, 0.25) is 0 Å². The Kier molecular flexibility index (Phi) is 3.22. The lowest BCUT2D eigenvalue weighted by Crippen LogP contribution is -2.46. The van der Waals surface area contributed by atoms with Crippen LogP contribution in [0.25, 0.3) is 0 Å². The van der Waals surface area contributed by atoms with Gasteiger partial charge in [0, 0.05) is 12.1 Å². The summed E-state index contributed by atoms with van der Waals surface area (Å²) >= 11 is 0. The third-order valence-electron chi connectivity index (χ3n) is 3.99. The van der Waals surface area contributed by atoms with Crippen molar-refractivity contribution in [2.45, 2.75) is 24.8 Å². The predicted molar refractivity (Wildman–Crippen MR) is 72.8 cm³/mol. The van der Waals surface area contributed by atoms with Gasteiger partial charge in [0.05, 0.1) is 6.04 Å². The highest BCUT2D eigenvalue weighted by Crippen LogP contribution is 2.36. The van der Waals surface area contributed by atoms with Gasteiger partial charge < -0.3 is 20.6 Å².